The van der Waals surface area contributed by atoms with Crippen LogP contribution in [0.15, 0.2) is 72.9 Å². The number of carbonyl (C=O) groups is 1. The smallest absolute Gasteiger partial charge is 0.220 e. The van der Waals surface area contributed by atoms with Crippen LogP contribution in [0.1, 0.15) is 296 Å². The number of carbonyl (C=O) groups excluding carboxylic acids is 1. The van der Waals surface area contributed by atoms with Crippen LogP contribution >= 0.6 is 0 Å². The van der Waals surface area contributed by atoms with Crippen LogP contribution in [0.4, 0.5) is 0 Å². The molecule has 0 aromatic heterocycles. The first-order chi connectivity index (χ1) is 32.7. The van der Waals surface area contributed by atoms with Gasteiger partial charge in [0.2, 0.25) is 5.91 Å². The Kier molecular flexibility index (Phi) is 55.3. The monoisotopic (exact) mass is 920 g/mol. The third-order valence-corrected chi connectivity index (χ3v) is 13.1. The van der Waals surface area contributed by atoms with Crippen LogP contribution in [0.2, 0.25) is 0 Å². The van der Waals surface area contributed by atoms with E-state index < -0.39 is 12.1 Å². The molecule has 4 nitrogen and oxygen atoms in total. The van der Waals surface area contributed by atoms with E-state index in [2.05, 4.69) is 79.9 Å². The number of rotatable bonds is 53. The molecule has 0 heterocycles. The van der Waals surface area contributed by atoms with Crippen molar-refractivity contribution in [1.82, 2.24) is 5.32 Å². The van der Waals surface area contributed by atoms with E-state index in [0.29, 0.717) is 6.42 Å². The molecule has 0 fully saturated rings. The first-order valence-corrected chi connectivity index (χ1v) is 29.2. The van der Waals surface area contributed by atoms with Crippen molar-refractivity contribution in [2.75, 3.05) is 6.61 Å². The van der Waals surface area contributed by atoms with Crippen LogP contribution in [-0.4, -0.2) is 34.9 Å². The third-order valence-electron chi connectivity index (χ3n) is 13.1. The van der Waals surface area contributed by atoms with Crippen LogP contribution in [-0.2, 0) is 4.79 Å². The molecule has 2 atom stereocenters. The van der Waals surface area contributed by atoms with E-state index in [9.17, 15) is 15.0 Å². The largest absolute Gasteiger partial charge is 0.394 e. The molecule has 0 bridgehead atoms. The predicted molar refractivity (Wildman–Crippen MR) is 294 cm³/mol. The van der Waals surface area contributed by atoms with E-state index in [-0.39, 0.29) is 12.5 Å². The number of aliphatic hydroxyl groups is 2. The lowest BCUT2D eigenvalue weighted by molar-refractivity contribution is -0.123. The molecule has 1 amide bonds. The summed E-state index contributed by atoms with van der Waals surface area (Å²) in [5.41, 5.74) is 0. The number of hydrogen-bond acceptors (Lipinski definition) is 3. The molecule has 0 saturated heterocycles. The van der Waals surface area contributed by atoms with Crippen LogP contribution in [0.25, 0.3) is 0 Å². The van der Waals surface area contributed by atoms with Crippen molar-refractivity contribution in [2.45, 2.75) is 309 Å². The molecular weight excluding hydrogens is 807 g/mol. The average molecular weight is 921 g/mol. The Morgan fingerprint density at radius 3 is 0.985 bits per heavy atom. The lowest BCUT2D eigenvalue weighted by Gasteiger charge is -2.19. The van der Waals surface area contributed by atoms with Gasteiger partial charge in [-0.1, -0.05) is 279 Å². The fourth-order valence-corrected chi connectivity index (χ4v) is 8.69. The SMILES string of the molecule is CCCCCCC/C=C\C/C=C\C/C=C\CCCCCCCCCCCCCCCCCCCCC(=O)NC(CO)C(O)/C=C/CC/C=C/CC/C=C/CCCCCCCCCCCCC. The number of allylic oxidation sites excluding steroid dienone is 11. The molecule has 3 N–H and O–H groups in total. The maximum Gasteiger partial charge on any atom is 0.220 e. The van der Waals surface area contributed by atoms with Gasteiger partial charge in [0.25, 0.3) is 0 Å². The lowest BCUT2D eigenvalue weighted by Crippen LogP contribution is -2.45. The zero-order valence-electron chi connectivity index (χ0n) is 44.2. The van der Waals surface area contributed by atoms with E-state index in [1.165, 1.54) is 225 Å². The Hall–Kier alpha value is -2.17. The highest BCUT2D eigenvalue weighted by Gasteiger charge is 2.18. The topological polar surface area (TPSA) is 69.6 Å². The van der Waals surface area contributed by atoms with Gasteiger partial charge in [-0.05, 0) is 83.5 Å². The van der Waals surface area contributed by atoms with E-state index in [4.69, 9.17) is 0 Å². The lowest BCUT2D eigenvalue weighted by atomic mass is 10.0. The van der Waals surface area contributed by atoms with Gasteiger partial charge >= 0.3 is 0 Å². The Bertz CT molecular complexity index is 1130. The molecule has 0 aliphatic heterocycles. The second-order valence-corrected chi connectivity index (χ2v) is 19.7. The fraction of sp³-hybridized carbons (Fsp3) is 0.790. The van der Waals surface area contributed by atoms with Crippen molar-refractivity contribution in [3.63, 3.8) is 0 Å². The molecule has 0 saturated carbocycles. The van der Waals surface area contributed by atoms with Gasteiger partial charge < -0.3 is 15.5 Å². The van der Waals surface area contributed by atoms with Crippen LogP contribution in [0.5, 0.6) is 0 Å². The van der Waals surface area contributed by atoms with Gasteiger partial charge in [0.1, 0.15) is 0 Å². The van der Waals surface area contributed by atoms with Gasteiger partial charge in [0.15, 0.2) is 0 Å². The highest BCUT2D eigenvalue weighted by Crippen LogP contribution is 2.16. The summed E-state index contributed by atoms with van der Waals surface area (Å²) in [6, 6.07) is -0.648. The highest BCUT2D eigenvalue weighted by molar-refractivity contribution is 5.76. The van der Waals surface area contributed by atoms with Crippen LogP contribution in [0.3, 0.4) is 0 Å². The molecular formula is C62H113NO3. The minimum atomic E-state index is -0.873. The van der Waals surface area contributed by atoms with Crippen molar-refractivity contribution in [3.05, 3.63) is 72.9 Å². The van der Waals surface area contributed by atoms with E-state index in [0.717, 1.165) is 51.4 Å². The fourth-order valence-electron chi connectivity index (χ4n) is 8.69. The number of hydrogen-bond donors (Lipinski definition) is 3. The third kappa shape index (κ3) is 52.8. The van der Waals surface area contributed by atoms with Gasteiger partial charge in [-0.3, -0.25) is 4.79 Å². The summed E-state index contributed by atoms with van der Waals surface area (Å²) in [7, 11) is 0. The van der Waals surface area contributed by atoms with Crippen LogP contribution in [0, 0.1) is 0 Å². The van der Waals surface area contributed by atoms with E-state index in [1.54, 1.807) is 6.08 Å². The normalized spacial score (nSPS) is 13.3. The molecule has 4 heteroatoms. The van der Waals surface area contributed by atoms with Gasteiger partial charge in [0.05, 0.1) is 18.8 Å². The molecule has 384 valence electrons. The Balaban J connectivity index is 3.53. The summed E-state index contributed by atoms with van der Waals surface area (Å²) in [5.74, 6) is -0.0760. The van der Waals surface area contributed by atoms with E-state index in [1.807, 2.05) is 6.08 Å². The quantitative estimate of drug-likeness (QED) is 0.0421. The average Bonchev–Trinajstić information content (AvgIpc) is 3.32. The van der Waals surface area contributed by atoms with Crippen LogP contribution < -0.4 is 5.32 Å². The molecule has 0 rings (SSSR count). The molecule has 0 aliphatic carbocycles. The Morgan fingerprint density at radius 1 is 0.364 bits per heavy atom. The standard InChI is InChI=1S/C62H113NO3/c1-3-5-7-9-11-13-15-17-19-21-23-25-26-27-28-29-30-31-32-33-34-35-36-38-40-42-44-46-48-50-52-54-56-58-62(66)63-60(59-64)61(65)57-55-53-51-49-47-45-43-41-39-37-24-22-20-18-16-14-12-10-8-6-4-2/h15,17,21,23,26-27,39,41,47,49,55,57,60-61,64-65H,3-14,16,18-20,22,24-25,28-38,40,42-46,48,50-54,56,58-59H2,1-2H3,(H,63,66)/b17-15-,23-21-,27-26-,41-39+,49-47+,57-55+. The zero-order valence-corrected chi connectivity index (χ0v) is 44.2. The molecule has 2 unspecified atom stereocenters. The number of amides is 1. The summed E-state index contributed by atoms with van der Waals surface area (Å²) in [4.78, 5) is 12.5. The van der Waals surface area contributed by atoms with E-state index >= 15 is 0 Å². The Morgan fingerprint density at radius 2 is 0.636 bits per heavy atom. The van der Waals surface area contributed by atoms with Gasteiger partial charge in [-0.25, -0.2) is 0 Å². The predicted octanol–water partition coefficient (Wildman–Crippen LogP) is 19.4. The van der Waals surface area contributed by atoms with Crippen molar-refractivity contribution in [1.29, 1.82) is 0 Å². The Labute approximate surface area is 412 Å². The maximum absolute atomic E-state index is 12.5. The van der Waals surface area contributed by atoms with Gasteiger partial charge in [-0.15, -0.1) is 0 Å². The number of aliphatic hydroxyl groups excluding tert-OH is 2. The van der Waals surface area contributed by atoms with Crippen molar-refractivity contribution in [2.24, 2.45) is 0 Å². The summed E-state index contributed by atoms with van der Waals surface area (Å²) < 4.78 is 0. The van der Waals surface area contributed by atoms with Gasteiger partial charge in [0, 0.05) is 6.42 Å². The summed E-state index contributed by atoms with van der Waals surface area (Å²) >= 11 is 0. The van der Waals surface area contributed by atoms with Crippen molar-refractivity contribution >= 4 is 5.91 Å². The molecule has 0 aromatic rings. The molecule has 0 aromatic carbocycles. The molecule has 66 heavy (non-hydrogen) atoms. The molecule has 0 aliphatic rings. The van der Waals surface area contributed by atoms with Crippen molar-refractivity contribution in [3.8, 4) is 0 Å². The number of unbranched alkanes of at least 4 members (excludes halogenated alkanes) is 36. The van der Waals surface area contributed by atoms with Gasteiger partial charge in [-0.2, -0.15) is 0 Å². The second-order valence-electron chi connectivity index (χ2n) is 19.7. The minimum Gasteiger partial charge on any atom is -0.394 e. The first kappa shape index (κ1) is 63.8. The summed E-state index contributed by atoms with van der Waals surface area (Å²) in [6.45, 7) is 4.30. The zero-order chi connectivity index (χ0) is 47.7. The van der Waals surface area contributed by atoms with Crippen molar-refractivity contribution < 1.29 is 15.0 Å². The first-order valence-electron chi connectivity index (χ1n) is 29.2. The maximum atomic E-state index is 12.5. The highest BCUT2D eigenvalue weighted by atomic mass is 16.3. The molecule has 0 spiro atoms. The summed E-state index contributed by atoms with van der Waals surface area (Å²) in [6.07, 6.45) is 82.1. The second kappa shape index (κ2) is 57.1. The number of nitrogens with one attached hydrogen (secondary N) is 1. The minimum absolute atomic E-state index is 0.0760. The molecule has 0 radical (unpaired) electrons. The summed E-state index contributed by atoms with van der Waals surface area (Å²) in [5, 5.41) is 23.1.